The lowest BCUT2D eigenvalue weighted by atomic mass is 10.2. The largest absolute Gasteiger partial charge is 0.370 e. The van der Waals surface area contributed by atoms with Crippen LogP contribution in [0.15, 0.2) is 23.1 Å². The molecule has 2 fully saturated rings. The first-order valence-electron chi connectivity index (χ1n) is 8.98. The molecule has 2 N–H and O–H groups in total. The van der Waals surface area contributed by atoms with Gasteiger partial charge in [-0.3, -0.25) is 4.79 Å². The van der Waals surface area contributed by atoms with E-state index in [-0.39, 0.29) is 10.8 Å². The zero-order valence-corrected chi connectivity index (χ0v) is 16.2. The Morgan fingerprint density at radius 2 is 1.88 bits per heavy atom. The Morgan fingerprint density at radius 1 is 1.19 bits per heavy atom. The number of ether oxygens (including phenoxy) is 1. The highest BCUT2D eigenvalue weighted by Crippen LogP contribution is 2.28. The number of hydrogen-bond donors (Lipinski definition) is 2. The lowest BCUT2D eigenvalue weighted by Crippen LogP contribution is -3.15. The van der Waals surface area contributed by atoms with E-state index >= 15 is 0 Å². The Labute approximate surface area is 159 Å². The lowest BCUT2D eigenvalue weighted by molar-refractivity contribution is -0.899. The molecule has 144 valence electrons. The number of morpholine rings is 1. The van der Waals surface area contributed by atoms with Crippen molar-refractivity contribution in [3.05, 3.63) is 23.2 Å². The average Bonchev–Trinajstić information content (AvgIpc) is 2.65. The third-order valence-electron chi connectivity index (χ3n) is 4.78. The second-order valence-corrected chi connectivity index (χ2v) is 9.04. The van der Waals surface area contributed by atoms with Gasteiger partial charge in [0.2, 0.25) is 10.0 Å². The Hall–Kier alpha value is -1.19. The Kier molecular flexibility index (Phi) is 6.52. The third-order valence-corrected chi connectivity index (χ3v) is 7.00. The van der Waals surface area contributed by atoms with Gasteiger partial charge < -0.3 is 15.0 Å². The number of quaternary nitrogens is 1. The number of carbonyl (C=O) groups excluding carboxylic acids is 1. The van der Waals surface area contributed by atoms with Gasteiger partial charge in [-0.1, -0.05) is 18.0 Å². The quantitative estimate of drug-likeness (QED) is 0.745. The van der Waals surface area contributed by atoms with Gasteiger partial charge in [0.1, 0.15) is 13.1 Å². The molecular formula is C17H25ClN3O4S+. The zero-order valence-electron chi connectivity index (χ0n) is 14.7. The summed E-state index contributed by atoms with van der Waals surface area (Å²) in [5, 5.41) is 3.08. The van der Waals surface area contributed by atoms with E-state index in [0.717, 1.165) is 37.3 Å². The van der Waals surface area contributed by atoms with Gasteiger partial charge in [-0.25, -0.2) is 8.42 Å². The minimum absolute atomic E-state index is 0.165. The molecule has 2 aliphatic rings. The SMILES string of the molecule is O=C(C[NH+]1CCOCC1)Nc1cc(S(=O)(=O)N2CCCCC2)ccc1Cl. The first kappa shape index (κ1) is 19.6. The first-order valence-corrected chi connectivity index (χ1v) is 10.8. The van der Waals surface area contributed by atoms with Crippen molar-refractivity contribution in [1.82, 2.24) is 4.31 Å². The molecule has 0 atom stereocenters. The van der Waals surface area contributed by atoms with Crippen LogP contribution >= 0.6 is 11.6 Å². The van der Waals surface area contributed by atoms with Gasteiger partial charge >= 0.3 is 0 Å². The van der Waals surface area contributed by atoms with E-state index in [4.69, 9.17) is 16.3 Å². The Balaban J connectivity index is 1.71. The molecule has 1 aromatic rings. The van der Waals surface area contributed by atoms with E-state index in [1.165, 1.54) is 22.5 Å². The number of nitrogens with zero attached hydrogens (tertiary/aromatic N) is 1. The number of nitrogens with one attached hydrogen (secondary N) is 2. The molecule has 2 heterocycles. The van der Waals surface area contributed by atoms with Crippen LogP contribution in [-0.2, 0) is 19.6 Å². The molecule has 2 saturated heterocycles. The van der Waals surface area contributed by atoms with Gasteiger partial charge in [-0.05, 0) is 31.0 Å². The number of anilines is 1. The molecule has 1 aromatic carbocycles. The number of hydrogen-bond acceptors (Lipinski definition) is 4. The highest BCUT2D eigenvalue weighted by atomic mass is 35.5. The fourth-order valence-electron chi connectivity index (χ4n) is 3.27. The number of halogens is 1. The highest BCUT2D eigenvalue weighted by molar-refractivity contribution is 7.89. The topological polar surface area (TPSA) is 80.1 Å². The number of sulfonamides is 1. The van der Waals surface area contributed by atoms with Crippen molar-refractivity contribution in [1.29, 1.82) is 0 Å². The summed E-state index contributed by atoms with van der Waals surface area (Å²) in [7, 11) is -3.56. The molecule has 0 bridgehead atoms. The number of benzene rings is 1. The van der Waals surface area contributed by atoms with E-state index in [0.29, 0.717) is 43.6 Å². The summed E-state index contributed by atoms with van der Waals surface area (Å²) in [6.45, 7) is 4.23. The Morgan fingerprint density at radius 3 is 2.58 bits per heavy atom. The van der Waals surface area contributed by atoms with Crippen LogP contribution in [0.25, 0.3) is 0 Å². The third kappa shape index (κ3) is 4.75. The summed E-state index contributed by atoms with van der Waals surface area (Å²) >= 11 is 6.17. The maximum absolute atomic E-state index is 12.8. The van der Waals surface area contributed by atoms with Gasteiger partial charge in [0.05, 0.1) is 28.8 Å². The fraction of sp³-hybridized carbons (Fsp3) is 0.588. The van der Waals surface area contributed by atoms with Crippen LogP contribution in [0.2, 0.25) is 5.02 Å². The number of rotatable bonds is 5. The molecule has 2 aliphatic heterocycles. The minimum Gasteiger partial charge on any atom is -0.370 e. The van der Waals surface area contributed by atoms with E-state index < -0.39 is 10.0 Å². The van der Waals surface area contributed by atoms with Crippen molar-refractivity contribution in [2.75, 3.05) is 51.3 Å². The van der Waals surface area contributed by atoms with E-state index in [2.05, 4.69) is 5.32 Å². The van der Waals surface area contributed by atoms with E-state index in [1.807, 2.05) is 0 Å². The summed E-state index contributed by atoms with van der Waals surface area (Å²) in [6, 6.07) is 4.48. The normalized spacial score (nSPS) is 20.0. The molecule has 9 heteroatoms. The van der Waals surface area contributed by atoms with Crippen molar-refractivity contribution in [3.8, 4) is 0 Å². The molecule has 7 nitrogen and oxygen atoms in total. The Bertz CT molecular complexity index is 744. The number of amides is 1. The van der Waals surface area contributed by atoms with Crippen LogP contribution in [0.1, 0.15) is 19.3 Å². The van der Waals surface area contributed by atoms with Crippen molar-refractivity contribution in [2.24, 2.45) is 0 Å². The van der Waals surface area contributed by atoms with Crippen LogP contribution in [0.5, 0.6) is 0 Å². The molecule has 1 amide bonds. The van der Waals surface area contributed by atoms with Crippen LogP contribution in [0.3, 0.4) is 0 Å². The van der Waals surface area contributed by atoms with Gasteiger partial charge in [0.15, 0.2) is 6.54 Å². The summed E-state index contributed by atoms with van der Waals surface area (Å²) in [5.41, 5.74) is 0.336. The van der Waals surface area contributed by atoms with E-state index in [9.17, 15) is 13.2 Å². The molecule has 26 heavy (non-hydrogen) atoms. The van der Waals surface area contributed by atoms with Crippen LogP contribution < -0.4 is 10.2 Å². The summed E-state index contributed by atoms with van der Waals surface area (Å²) in [4.78, 5) is 13.6. The maximum Gasteiger partial charge on any atom is 0.279 e. The summed E-state index contributed by atoms with van der Waals surface area (Å²) in [6.07, 6.45) is 2.80. The first-order chi connectivity index (χ1) is 12.5. The number of piperidine rings is 1. The van der Waals surface area contributed by atoms with Gasteiger partial charge in [0, 0.05) is 13.1 Å². The smallest absolute Gasteiger partial charge is 0.279 e. The van der Waals surface area contributed by atoms with Crippen LogP contribution in [0.4, 0.5) is 5.69 Å². The maximum atomic E-state index is 12.8. The summed E-state index contributed by atoms with van der Waals surface area (Å²) in [5.74, 6) is -0.184. The van der Waals surface area contributed by atoms with Gasteiger partial charge in [0.25, 0.3) is 5.91 Å². The van der Waals surface area contributed by atoms with Gasteiger partial charge in [-0.15, -0.1) is 0 Å². The zero-order chi connectivity index (χ0) is 18.6. The van der Waals surface area contributed by atoms with Crippen molar-refractivity contribution in [2.45, 2.75) is 24.2 Å². The van der Waals surface area contributed by atoms with Gasteiger partial charge in [-0.2, -0.15) is 4.31 Å². The standard InChI is InChI=1S/C17H24ClN3O4S/c18-15-5-4-14(26(23,24)21-6-2-1-3-7-21)12-16(15)19-17(22)13-20-8-10-25-11-9-20/h4-5,12H,1-3,6-11,13H2,(H,19,22)/p+1. The predicted octanol–water partition coefficient (Wildman–Crippen LogP) is 0.368. The van der Waals surface area contributed by atoms with Crippen molar-refractivity contribution < 1.29 is 22.8 Å². The molecule has 0 aliphatic carbocycles. The summed E-state index contributed by atoms with van der Waals surface area (Å²) < 4.78 is 32.4. The molecule has 0 aromatic heterocycles. The highest BCUT2D eigenvalue weighted by Gasteiger charge is 2.27. The number of carbonyl (C=O) groups is 1. The average molecular weight is 403 g/mol. The van der Waals surface area contributed by atoms with Crippen LogP contribution in [0, 0.1) is 0 Å². The predicted molar refractivity (Wildman–Crippen MR) is 99.1 cm³/mol. The monoisotopic (exact) mass is 402 g/mol. The molecule has 0 spiro atoms. The van der Waals surface area contributed by atoms with Crippen LogP contribution in [-0.4, -0.2) is 64.6 Å². The molecular weight excluding hydrogens is 378 g/mol. The van der Waals surface area contributed by atoms with E-state index in [1.54, 1.807) is 0 Å². The van der Waals surface area contributed by atoms with Crippen molar-refractivity contribution in [3.63, 3.8) is 0 Å². The minimum atomic E-state index is -3.56. The molecule has 0 unspecified atom stereocenters. The molecule has 0 saturated carbocycles. The second-order valence-electron chi connectivity index (χ2n) is 6.69. The fourth-order valence-corrected chi connectivity index (χ4v) is 4.98. The van der Waals surface area contributed by atoms with Crippen molar-refractivity contribution >= 4 is 33.2 Å². The lowest BCUT2D eigenvalue weighted by Gasteiger charge is -2.26. The molecule has 3 rings (SSSR count). The second kappa shape index (κ2) is 8.67. The molecule has 0 radical (unpaired) electrons.